The fourth-order valence-corrected chi connectivity index (χ4v) is 2.69. The molecule has 1 aliphatic heterocycles. The van der Waals surface area contributed by atoms with E-state index in [0.29, 0.717) is 31.1 Å². The molecule has 1 unspecified atom stereocenters. The highest BCUT2D eigenvalue weighted by atomic mass is 19.4. The standard InChI is InChI=1S/C15H18F4N2O/c1-9(20)10-4-6-21(7-5-10)14(22)11-2-3-13(16)12(8-11)15(17,18)19/h2-3,8-10H,4-7,20H2,1H3. The van der Waals surface area contributed by atoms with Gasteiger partial charge in [-0.2, -0.15) is 13.2 Å². The molecule has 1 saturated heterocycles. The topological polar surface area (TPSA) is 46.3 Å². The van der Waals surface area contributed by atoms with Crippen LogP contribution in [0.3, 0.4) is 0 Å². The van der Waals surface area contributed by atoms with E-state index in [1.54, 1.807) is 0 Å². The van der Waals surface area contributed by atoms with Crippen LogP contribution >= 0.6 is 0 Å². The van der Waals surface area contributed by atoms with Crippen LogP contribution in [-0.2, 0) is 6.18 Å². The van der Waals surface area contributed by atoms with Gasteiger partial charge in [0.2, 0.25) is 0 Å². The number of carbonyl (C=O) groups excluding carboxylic acids is 1. The molecular weight excluding hydrogens is 300 g/mol. The smallest absolute Gasteiger partial charge is 0.339 e. The van der Waals surface area contributed by atoms with Crippen molar-refractivity contribution in [2.45, 2.75) is 32.0 Å². The number of benzene rings is 1. The Kier molecular flexibility index (Phi) is 4.75. The Hall–Kier alpha value is -1.63. The summed E-state index contributed by atoms with van der Waals surface area (Å²) in [5, 5.41) is 0. The molecule has 1 aliphatic rings. The van der Waals surface area contributed by atoms with Crippen molar-refractivity contribution in [3.63, 3.8) is 0 Å². The van der Waals surface area contributed by atoms with Gasteiger partial charge in [-0.1, -0.05) is 0 Å². The van der Waals surface area contributed by atoms with Crippen molar-refractivity contribution in [3.05, 3.63) is 35.1 Å². The van der Waals surface area contributed by atoms with Crippen molar-refractivity contribution in [2.24, 2.45) is 11.7 Å². The van der Waals surface area contributed by atoms with Crippen LogP contribution in [0.15, 0.2) is 18.2 Å². The number of hydrogen-bond acceptors (Lipinski definition) is 2. The molecule has 122 valence electrons. The molecular formula is C15H18F4N2O. The average molecular weight is 318 g/mol. The number of hydrogen-bond donors (Lipinski definition) is 1. The predicted molar refractivity (Wildman–Crippen MR) is 73.7 cm³/mol. The Balaban J connectivity index is 2.14. The first-order valence-electron chi connectivity index (χ1n) is 7.11. The van der Waals surface area contributed by atoms with Crippen molar-refractivity contribution >= 4 is 5.91 Å². The van der Waals surface area contributed by atoms with Gasteiger partial charge in [-0.3, -0.25) is 4.79 Å². The summed E-state index contributed by atoms with van der Waals surface area (Å²) in [4.78, 5) is 13.8. The van der Waals surface area contributed by atoms with Crippen LogP contribution in [0, 0.1) is 11.7 Å². The zero-order valence-corrected chi connectivity index (χ0v) is 12.2. The lowest BCUT2D eigenvalue weighted by Crippen LogP contribution is -2.42. The molecule has 22 heavy (non-hydrogen) atoms. The first-order valence-corrected chi connectivity index (χ1v) is 7.11. The molecule has 0 aromatic heterocycles. The predicted octanol–water partition coefficient (Wildman–Crippen LogP) is 3.04. The Labute approximate surface area is 126 Å². The number of halogens is 4. The minimum absolute atomic E-state index is 0.0277. The highest BCUT2D eigenvalue weighted by molar-refractivity contribution is 5.94. The van der Waals surface area contributed by atoms with E-state index in [0.717, 1.165) is 18.9 Å². The molecule has 1 amide bonds. The van der Waals surface area contributed by atoms with Gasteiger partial charge in [0.1, 0.15) is 5.82 Å². The van der Waals surface area contributed by atoms with E-state index >= 15 is 0 Å². The minimum atomic E-state index is -4.82. The molecule has 1 aromatic rings. The summed E-state index contributed by atoms with van der Waals surface area (Å²) in [6.45, 7) is 2.80. The summed E-state index contributed by atoms with van der Waals surface area (Å²) in [5.41, 5.74) is 4.26. The summed E-state index contributed by atoms with van der Waals surface area (Å²) in [5.74, 6) is -1.57. The third-order valence-corrected chi connectivity index (χ3v) is 4.09. The molecule has 0 bridgehead atoms. The summed E-state index contributed by atoms with van der Waals surface area (Å²) in [6, 6.07) is 2.38. The highest BCUT2D eigenvalue weighted by Crippen LogP contribution is 2.32. The van der Waals surface area contributed by atoms with Crippen LogP contribution in [0.5, 0.6) is 0 Å². The molecule has 3 nitrogen and oxygen atoms in total. The van der Waals surface area contributed by atoms with E-state index in [4.69, 9.17) is 5.73 Å². The van der Waals surface area contributed by atoms with Crippen LogP contribution in [-0.4, -0.2) is 29.9 Å². The quantitative estimate of drug-likeness (QED) is 0.852. The second-order valence-electron chi connectivity index (χ2n) is 5.68. The van der Waals surface area contributed by atoms with Crippen LogP contribution < -0.4 is 5.73 Å². The van der Waals surface area contributed by atoms with Gasteiger partial charge in [-0.15, -0.1) is 0 Å². The lowest BCUT2D eigenvalue weighted by molar-refractivity contribution is -0.140. The maximum atomic E-state index is 13.3. The van der Waals surface area contributed by atoms with E-state index in [9.17, 15) is 22.4 Å². The molecule has 0 saturated carbocycles. The van der Waals surface area contributed by atoms with Gasteiger partial charge >= 0.3 is 6.18 Å². The molecule has 0 radical (unpaired) electrons. The second-order valence-corrected chi connectivity index (χ2v) is 5.68. The Morgan fingerprint density at radius 1 is 1.32 bits per heavy atom. The van der Waals surface area contributed by atoms with Crippen LogP contribution in [0.4, 0.5) is 17.6 Å². The minimum Gasteiger partial charge on any atom is -0.339 e. The molecule has 1 heterocycles. The number of piperidine rings is 1. The lowest BCUT2D eigenvalue weighted by atomic mass is 9.90. The van der Waals surface area contributed by atoms with Crippen molar-refractivity contribution in [1.82, 2.24) is 4.90 Å². The van der Waals surface area contributed by atoms with Gasteiger partial charge in [0.25, 0.3) is 5.91 Å². The van der Waals surface area contributed by atoms with E-state index < -0.39 is 23.5 Å². The Morgan fingerprint density at radius 3 is 2.41 bits per heavy atom. The van der Waals surface area contributed by atoms with Gasteiger partial charge in [-0.05, 0) is 43.9 Å². The molecule has 2 rings (SSSR count). The van der Waals surface area contributed by atoms with Gasteiger partial charge in [0.05, 0.1) is 5.56 Å². The number of likely N-dealkylation sites (tertiary alicyclic amines) is 1. The third-order valence-electron chi connectivity index (χ3n) is 4.09. The van der Waals surface area contributed by atoms with Gasteiger partial charge < -0.3 is 10.6 Å². The average Bonchev–Trinajstić information content (AvgIpc) is 2.46. The van der Waals surface area contributed by atoms with E-state index in [1.165, 1.54) is 4.90 Å². The second kappa shape index (κ2) is 6.24. The molecule has 0 aliphatic carbocycles. The Morgan fingerprint density at radius 2 is 1.91 bits per heavy atom. The fourth-order valence-electron chi connectivity index (χ4n) is 2.69. The number of nitrogens with two attached hydrogens (primary N) is 1. The first kappa shape index (κ1) is 16.7. The van der Waals surface area contributed by atoms with Crippen molar-refractivity contribution in [3.8, 4) is 0 Å². The number of alkyl halides is 3. The molecule has 7 heteroatoms. The van der Waals surface area contributed by atoms with E-state index in [1.807, 2.05) is 6.92 Å². The summed E-state index contributed by atoms with van der Waals surface area (Å²) in [7, 11) is 0. The number of carbonyl (C=O) groups is 1. The SMILES string of the molecule is CC(N)C1CCN(C(=O)c2ccc(F)c(C(F)(F)F)c2)CC1. The summed E-state index contributed by atoms with van der Waals surface area (Å²) in [6.07, 6.45) is -3.38. The van der Waals surface area contributed by atoms with Crippen molar-refractivity contribution < 1.29 is 22.4 Å². The zero-order chi connectivity index (χ0) is 16.5. The van der Waals surface area contributed by atoms with Gasteiger partial charge in [0, 0.05) is 24.7 Å². The van der Waals surface area contributed by atoms with E-state index in [2.05, 4.69) is 0 Å². The number of rotatable bonds is 2. The van der Waals surface area contributed by atoms with Crippen molar-refractivity contribution in [1.29, 1.82) is 0 Å². The molecule has 1 atom stereocenters. The van der Waals surface area contributed by atoms with Crippen LogP contribution in [0.1, 0.15) is 35.7 Å². The fraction of sp³-hybridized carbons (Fsp3) is 0.533. The number of nitrogens with zero attached hydrogens (tertiary/aromatic N) is 1. The highest BCUT2D eigenvalue weighted by Gasteiger charge is 2.35. The van der Waals surface area contributed by atoms with Crippen LogP contribution in [0.25, 0.3) is 0 Å². The van der Waals surface area contributed by atoms with Crippen molar-refractivity contribution in [2.75, 3.05) is 13.1 Å². The third kappa shape index (κ3) is 3.58. The largest absolute Gasteiger partial charge is 0.419 e. The zero-order valence-electron chi connectivity index (χ0n) is 12.2. The van der Waals surface area contributed by atoms with Gasteiger partial charge in [0.15, 0.2) is 0 Å². The molecule has 2 N–H and O–H groups in total. The Bertz CT molecular complexity index is 549. The molecule has 0 spiro atoms. The van der Waals surface area contributed by atoms with E-state index in [-0.39, 0.29) is 11.6 Å². The van der Waals surface area contributed by atoms with Crippen LogP contribution in [0.2, 0.25) is 0 Å². The lowest BCUT2D eigenvalue weighted by Gasteiger charge is -2.33. The molecule has 1 fully saturated rings. The maximum absolute atomic E-state index is 13.3. The summed E-state index contributed by atoms with van der Waals surface area (Å²) >= 11 is 0. The first-order chi connectivity index (χ1) is 10.2. The van der Waals surface area contributed by atoms with Gasteiger partial charge in [-0.25, -0.2) is 4.39 Å². The number of amides is 1. The molecule has 1 aromatic carbocycles. The summed E-state index contributed by atoms with van der Waals surface area (Å²) < 4.78 is 51.3. The normalized spacial score (nSPS) is 18.4. The monoisotopic (exact) mass is 318 g/mol. The maximum Gasteiger partial charge on any atom is 0.419 e.